The highest BCUT2D eigenvalue weighted by Gasteiger charge is 2.11. The number of aliphatic carboxylic acids is 1. The summed E-state index contributed by atoms with van der Waals surface area (Å²) in [6, 6.07) is -0.879. The van der Waals surface area contributed by atoms with Gasteiger partial charge in [-0.2, -0.15) is 0 Å². The van der Waals surface area contributed by atoms with Crippen molar-refractivity contribution in [1.82, 2.24) is 0 Å². The first-order valence-electron chi connectivity index (χ1n) is 5.21. The molecule has 0 saturated carbocycles. The van der Waals surface area contributed by atoms with Gasteiger partial charge in [-0.1, -0.05) is 57.4 Å². The summed E-state index contributed by atoms with van der Waals surface area (Å²) in [6.07, 6.45) is 8.70. The third kappa shape index (κ3) is 8.97. The molecule has 0 amide bonds. The van der Waals surface area contributed by atoms with Gasteiger partial charge in [-0.15, -0.1) is 0 Å². The van der Waals surface area contributed by atoms with Crippen LogP contribution in [0.5, 0.6) is 0 Å². The molecule has 0 aromatic heterocycles. The molecular weight excluding hydrogens is 202 g/mol. The van der Waals surface area contributed by atoms with E-state index in [-0.39, 0.29) is 6.42 Å². The van der Waals surface area contributed by atoms with E-state index in [1.807, 2.05) is 13.8 Å². The molecule has 0 heterocycles. The van der Waals surface area contributed by atoms with Crippen LogP contribution in [0.4, 0.5) is 0 Å². The Morgan fingerprint density at radius 2 is 1.94 bits per heavy atom. The van der Waals surface area contributed by atoms with E-state index in [0.717, 1.165) is 5.57 Å². The van der Waals surface area contributed by atoms with E-state index < -0.39 is 12.0 Å². The average Bonchev–Trinajstić information content (AvgIpc) is 2.28. The predicted molar refractivity (Wildman–Crippen MR) is 69.2 cm³/mol. The van der Waals surface area contributed by atoms with E-state index in [1.54, 1.807) is 30.4 Å². The summed E-state index contributed by atoms with van der Waals surface area (Å²) in [6.45, 7) is 11.1. The Morgan fingerprint density at radius 3 is 2.31 bits per heavy atom. The highest BCUT2D eigenvalue weighted by Crippen LogP contribution is 2.06. The third-order valence-electron chi connectivity index (χ3n) is 1.55. The molecule has 0 bridgehead atoms. The number of allylic oxidation sites excluding steroid dienone is 5. The fourth-order valence-corrected chi connectivity index (χ4v) is 0.876. The first kappa shape index (κ1) is 16.8. The molecule has 1 unspecified atom stereocenters. The first-order valence-corrected chi connectivity index (χ1v) is 5.21. The molecule has 0 aromatic carbocycles. The van der Waals surface area contributed by atoms with Crippen molar-refractivity contribution in [2.75, 3.05) is 0 Å². The number of nitrogens with two attached hydrogens (primary N) is 1. The minimum absolute atomic E-state index is 0.283. The van der Waals surface area contributed by atoms with Crippen LogP contribution in [0.1, 0.15) is 20.3 Å². The number of carbonyl (C=O) groups is 1. The number of rotatable bonds is 6. The zero-order valence-corrected chi connectivity index (χ0v) is 10.0. The van der Waals surface area contributed by atoms with Gasteiger partial charge in [-0.3, -0.25) is 4.79 Å². The van der Waals surface area contributed by atoms with Gasteiger partial charge in [-0.25, -0.2) is 0 Å². The molecule has 0 aliphatic carbocycles. The number of carboxylic acid groups (broad SMARTS) is 1. The SMILES string of the molecule is C=C/C=C\C(=C/C=C)CC(N)C(=O)O.CC. The van der Waals surface area contributed by atoms with Crippen molar-refractivity contribution >= 4 is 5.97 Å². The van der Waals surface area contributed by atoms with Crippen LogP contribution in [-0.4, -0.2) is 17.1 Å². The fraction of sp³-hybridized carbons (Fsp3) is 0.308. The van der Waals surface area contributed by atoms with Crippen LogP contribution in [0, 0.1) is 0 Å². The molecule has 0 radical (unpaired) electrons. The minimum atomic E-state index is -1.01. The van der Waals surface area contributed by atoms with Crippen LogP contribution in [-0.2, 0) is 4.79 Å². The highest BCUT2D eigenvalue weighted by molar-refractivity contribution is 5.73. The van der Waals surface area contributed by atoms with Crippen LogP contribution in [0.2, 0.25) is 0 Å². The summed E-state index contributed by atoms with van der Waals surface area (Å²) in [4.78, 5) is 10.5. The van der Waals surface area contributed by atoms with Gasteiger partial charge in [0, 0.05) is 0 Å². The van der Waals surface area contributed by atoms with Crippen LogP contribution in [0.15, 0.2) is 49.1 Å². The monoisotopic (exact) mass is 223 g/mol. The Morgan fingerprint density at radius 1 is 1.38 bits per heavy atom. The lowest BCUT2D eigenvalue weighted by Gasteiger charge is -2.06. The maximum absolute atomic E-state index is 10.5. The van der Waals surface area contributed by atoms with Crippen molar-refractivity contribution in [3.05, 3.63) is 49.1 Å². The lowest BCUT2D eigenvalue weighted by Crippen LogP contribution is -2.30. The van der Waals surface area contributed by atoms with Crippen LogP contribution < -0.4 is 5.73 Å². The van der Waals surface area contributed by atoms with Crippen molar-refractivity contribution in [3.63, 3.8) is 0 Å². The lowest BCUT2D eigenvalue weighted by atomic mass is 10.1. The number of hydrogen-bond donors (Lipinski definition) is 2. The molecule has 16 heavy (non-hydrogen) atoms. The van der Waals surface area contributed by atoms with Crippen LogP contribution in [0.25, 0.3) is 0 Å². The molecule has 1 atom stereocenters. The summed E-state index contributed by atoms with van der Waals surface area (Å²) in [5.41, 5.74) is 6.20. The van der Waals surface area contributed by atoms with E-state index in [2.05, 4.69) is 13.2 Å². The Labute approximate surface area is 97.7 Å². The lowest BCUT2D eigenvalue weighted by molar-refractivity contribution is -0.138. The Bertz CT molecular complexity index is 278. The molecule has 0 rings (SSSR count). The van der Waals surface area contributed by atoms with E-state index in [4.69, 9.17) is 10.8 Å². The second kappa shape index (κ2) is 11.5. The quantitative estimate of drug-likeness (QED) is 0.680. The van der Waals surface area contributed by atoms with Gasteiger partial charge >= 0.3 is 5.97 Å². The van der Waals surface area contributed by atoms with Crippen molar-refractivity contribution in [1.29, 1.82) is 0 Å². The fourth-order valence-electron chi connectivity index (χ4n) is 0.876. The second-order valence-electron chi connectivity index (χ2n) is 2.72. The van der Waals surface area contributed by atoms with Gasteiger partial charge in [0.2, 0.25) is 0 Å². The summed E-state index contributed by atoms with van der Waals surface area (Å²) in [5, 5.41) is 8.60. The van der Waals surface area contributed by atoms with Gasteiger partial charge in [0.1, 0.15) is 6.04 Å². The molecule has 3 N–H and O–H groups in total. The Balaban J connectivity index is 0. The van der Waals surface area contributed by atoms with Crippen molar-refractivity contribution < 1.29 is 9.90 Å². The number of carboxylic acids is 1. The smallest absolute Gasteiger partial charge is 0.320 e. The van der Waals surface area contributed by atoms with Gasteiger partial charge in [-0.05, 0) is 12.0 Å². The minimum Gasteiger partial charge on any atom is -0.480 e. The maximum atomic E-state index is 10.5. The summed E-state index contributed by atoms with van der Waals surface area (Å²) in [5.74, 6) is -1.01. The van der Waals surface area contributed by atoms with E-state index in [1.165, 1.54) is 0 Å². The number of hydrogen-bond acceptors (Lipinski definition) is 2. The third-order valence-corrected chi connectivity index (χ3v) is 1.55. The van der Waals surface area contributed by atoms with Gasteiger partial charge < -0.3 is 10.8 Å². The standard InChI is InChI=1S/C11H15NO2.C2H6/c1-3-5-7-9(6-4-2)8-10(12)11(13)14;1-2/h3-7,10H,1-2,8,12H2,(H,13,14);1-2H3/b7-5-,9-6+;. The predicted octanol–water partition coefficient (Wildman–Crippen LogP) is 2.67. The largest absolute Gasteiger partial charge is 0.480 e. The second-order valence-corrected chi connectivity index (χ2v) is 2.72. The molecule has 3 nitrogen and oxygen atoms in total. The Hall–Kier alpha value is -1.61. The van der Waals surface area contributed by atoms with E-state index in [0.29, 0.717) is 0 Å². The van der Waals surface area contributed by atoms with Crippen molar-refractivity contribution in [3.8, 4) is 0 Å². The van der Waals surface area contributed by atoms with E-state index in [9.17, 15) is 4.79 Å². The average molecular weight is 223 g/mol. The maximum Gasteiger partial charge on any atom is 0.320 e. The molecule has 0 aromatic rings. The summed E-state index contributed by atoms with van der Waals surface area (Å²) >= 11 is 0. The van der Waals surface area contributed by atoms with Crippen molar-refractivity contribution in [2.45, 2.75) is 26.3 Å². The van der Waals surface area contributed by atoms with Crippen LogP contribution in [0.3, 0.4) is 0 Å². The van der Waals surface area contributed by atoms with Crippen molar-refractivity contribution in [2.24, 2.45) is 5.73 Å². The molecular formula is C13H21NO2. The van der Waals surface area contributed by atoms with Gasteiger partial charge in [0.25, 0.3) is 0 Å². The first-order chi connectivity index (χ1) is 7.61. The molecule has 0 saturated heterocycles. The topological polar surface area (TPSA) is 63.3 Å². The molecule has 0 aliphatic heterocycles. The normalized spacial score (nSPS) is 12.6. The van der Waals surface area contributed by atoms with Gasteiger partial charge in [0.15, 0.2) is 0 Å². The molecule has 90 valence electrons. The zero-order chi connectivity index (χ0) is 13.0. The van der Waals surface area contributed by atoms with Gasteiger partial charge in [0.05, 0.1) is 0 Å². The molecule has 3 heteroatoms. The Kier molecular flexibility index (Phi) is 12.0. The van der Waals surface area contributed by atoms with Crippen LogP contribution >= 0.6 is 0 Å². The van der Waals surface area contributed by atoms with E-state index >= 15 is 0 Å². The zero-order valence-electron chi connectivity index (χ0n) is 10.0. The highest BCUT2D eigenvalue weighted by atomic mass is 16.4. The summed E-state index contributed by atoms with van der Waals surface area (Å²) < 4.78 is 0. The molecule has 0 aliphatic rings. The molecule has 0 fully saturated rings. The molecule has 0 spiro atoms. The summed E-state index contributed by atoms with van der Waals surface area (Å²) in [7, 11) is 0.